The van der Waals surface area contributed by atoms with E-state index in [9.17, 15) is 0 Å². The van der Waals surface area contributed by atoms with Gasteiger partial charge in [-0.2, -0.15) is 4.98 Å². The number of nitrogen functional groups attached to an aromatic ring is 1. The van der Waals surface area contributed by atoms with Gasteiger partial charge in [-0.05, 0) is 0 Å². The van der Waals surface area contributed by atoms with Gasteiger partial charge in [0, 0.05) is 0 Å². The topological polar surface area (TPSA) is 66.0 Å². The van der Waals surface area contributed by atoms with E-state index in [0.717, 1.165) is 4.85 Å². The molecule has 5 nitrogen and oxygen atoms in total. The van der Waals surface area contributed by atoms with Gasteiger partial charge in [-0.3, -0.25) is 0 Å². The summed E-state index contributed by atoms with van der Waals surface area (Å²) in [5, 5.41) is 3.59. The third kappa shape index (κ3) is 0.575. The SMILES string of the molecule is COn1ncnc1N. The molecule has 44 valence electrons. The van der Waals surface area contributed by atoms with Crippen LogP contribution in [0.25, 0.3) is 0 Å². The molecule has 0 radical (unpaired) electrons. The highest BCUT2D eigenvalue weighted by molar-refractivity contribution is 5.10. The summed E-state index contributed by atoms with van der Waals surface area (Å²) in [6, 6.07) is 0. The average Bonchev–Trinajstić information content (AvgIpc) is 2.14. The van der Waals surface area contributed by atoms with Crippen molar-refractivity contribution in [3.05, 3.63) is 6.33 Å². The van der Waals surface area contributed by atoms with Crippen molar-refractivity contribution < 1.29 is 4.84 Å². The zero-order chi connectivity index (χ0) is 5.98. The van der Waals surface area contributed by atoms with Crippen LogP contribution < -0.4 is 10.6 Å². The molecular weight excluding hydrogens is 108 g/mol. The van der Waals surface area contributed by atoms with Crippen LogP contribution >= 0.6 is 0 Å². The summed E-state index contributed by atoms with van der Waals surface area (Å²) in [6.45, 7) is 0. The molecule has 0 aromatic carbocycles. The molecule has 0 unspecified atom stereocenters. The molecule has 0 atom stereocenters. The van der Waals surface area contributed by atoms with Crippen molar-refractivity contribution in [2.45, 2.75) is 0 Å². The van der Waals surface area contributed by atoms with Gasteiger partial charge in [0.25, 0.3) is 5.95 Å². The van der Waals surface area contributed by atoms with Gasteiger partial charge in [-0.15, -0.1) is 5.10 Å². The molecule has 8 heavy (non-hydrogen) atoms. The normalized spacial score (nSPS) is 9.12. The lowest BCUT2D eigenvalue weighted by Gasteiger charge is -1.94. The number of anilines is 1. The van der Waals surface area contributed by atoms with E-state index in [1.165, 1.54) is 13.4 Å². The van der Waals surface area contributed by atoms with Gasteiger partial charge < -0.3 is 10.6 Å². The molecule has 1 rings (SSSR count). The van der Waals surface area contributed by atoms with Crippen LogP contribution in [0.1, 0.15) is 0 Å². The molecule has 0 bridgehead atoms. The van der Waals surface area contributed by atoms with E-state index in [2.05, 4.69) is 14.9 Å². The second kappa shape index (κ2) is 1.69. The molecule has 5 heteroatoms. The first kappa shape index (κ1) is 4.89. The number of hydrogen-bond donors (Lipinski definition) is 1. The van der Waals surface area contributed by atoms with Gasteiger partial charge in [0.2, 0.25) is 0 Å². The fraction of sp³-hybridized carbons (Fsp3) is 0.333. The summed E-state index contributed by atoms with van der Waals surface area (Å²) >= 11 is 0. The maximum Gasteiger partial charge on any atom is 0.257 e. The van der Waals surface area contributed by atoms with Crippen molar-refractivity contribution in [2.24, 2.45) is 0 Å². The van der Waals surface area contributed by atoms with E-state index >= 15 is 0 Å². The number of nitrogens with two attached hydrogens (primary N) is 1. The second-order valence-electron chi connectivity index (χ2n) is 1.17. The standard InChI is InChI=1S/C3H6N4O/c1-8-7-3(4)5-2-6-7/h2H,1H3,(H2,4,5,6). The van der Waals surface area contributed by atoms with Crippen molar-refractivity contribution in [3.8, 4) is 0 Å². The highest BCUT2D eigenvalue weighted by Gasteiger charge is 1.92. The molecule has 2 N–H and O–H groups in total. The summed E-state index contributed by atoms with van der Waals surface area (Å²) in [7, 11) is 1.46. The van der Waals surface area contributed by atoms with Gasteiger partial charge in [0.1, 0.15) is 13.4 Å². The first-order chi connectivity index (χ1) is 3.84. The number of hydrogen-bond acceptors (Lipinski definition) is 4. The Bertz CT molecular complexity index is 172. The quantitative estimate of drug-likeness (QED) is 0.504. The molecule has 0 saturated carbocycles. The third-order valence-electron chi connectivity index (χ3n) is 0.715. The first-order valence-corrected chi connectivity index (χ1v) is 2.04. The van der Waals surface area contributed by atoms with Crippen LogP contribution in [0.5, 0.6) is 0 Å². The molecule has 0 saturated heterocycles. The lowest BCUT2D eigenvalue weighted by atomic mass is 11.1. The zero-order valence-electron chi connectivity index (χ0n) is 4.40. The molecule has 0 amide bonds. The Morgan fingerprint density at radius 3 is 2.88 bits per heavy atom. The van der Waals surface area contributed by atoms with Gasteiger partial charge >= 0.3 is 0 Å². The highest BCUT2D eigenvalue weighted by Crippen LogP contribution is 1.86. The summed E-state index contributed by atoms with van der Waals surface area (Å²) in [4.78, 5) is 9.32. The molecule has 1 aromatic heterocycles. The zero-order valence-corrected chi connectivity index (χ0v) is 4.40. The molecule has 0 aliphatic carbocycles. The van der Waals surface area contributed by atoms with Gasteiger partial charge in [0.15, 0.2) is 0 Å². The fourth-order valence-electron chi connectivity index (χ4n) is 0.381. The Labute approximate surface area is 46.0 Å². The lowest BCUT2D eigenvalue weighted by molar-refractivity contribution is 0.139. The second-order valence-corrected chi connectivity index (χ2v) is 1.17. The minimum Gasteiger partial charge on any atom is -0.397 e. The van der Waals surface area contributed by atoms with E-state index in [1.807, 2.05) is 0 Å². The summed E-state index contributed by atoms with van der Waals surface area (Å²) in [5.74, 6) is 0.257. The van der Waals surface area contributed by atoms with E-state index in [-0.39, 0.29) is 5.95 Å². The van der Waals surface area contributed by atoms with Crippen molar-refractivity contribution in [1.29, 1.82) is 0 Å². The minimum absolute atomic E-state index is 0.257. The third-order valence-corrected chi connectivity index (χ3v) is 0.715. The predicted molar refractivity (Wildman–Crippen MR) is 26.9 cm³/mol. The van der Waals surface area contributed by atoms with Gasteiger partial charge in [-0.1, -0.05) is 4.85 Å². The smallest absolute Gasteiger partial charge is 0.257 e. The Hall–Kier alpha value is -1.26. The van der Waals surface area contributed by atoms with Crippen LogP contribution in [-0.2, 0) is 0 Å². The Morgan fingerprint density at radius 2 is 2.62 bits per heavy atom. The van der Waals surface area contributed by atoms with E-state index in [1.54, 1.807) is 0 Å². The molecule has 1 aromatic rings. The molecular formula is C3H6N4O. The van der Waals surface area contributed by atoms with Crippen LogP contribution in [-0.4, -0.2) is 22.0 Å². The molecule has 1 heterocycles. The van der Waals surface area contributed by atoms with Gasteiger partial charge in [0.05, 0.1) is 0 Å². The Morgan fingerprint density at radius 1 is 1.88 bits per heavy atom. The maximum absolute atomic E-state index is 5.22. The number of nitrogens with zero attached hydrogens (tertiary/aromatic N) is 3. The fourth-order valence-corrected chi connectivity index (χ4v) is 0.381. The number of aromatic nitrogens is 3. The average molecular weight is 114 g/mol. The van der Waals surface area contributed by atoms with Crippen molar-refractivity contribution in [1.82, 2.24) is 14.9 Å². The van der Waals surface area contributed by atoms with Crippen molar-refractivity contribution in [3.63, 3.8) is 0 Å². The van der Waals surface area contributed by atoms with Crippen molar-refractivity contribution >= 4 is 5.95 Å². The van der Waals surface area contributed by atoms with Crippen LogP contribution in [0, 0.1) is 0 Å². The lowest BCUT2D eigenvalue weighted by Crippen LogP contribution is -2.10. The highest BCUT2D eigenvalue weighted by atomic mass is 16.7. The van der Waals surface area contributed by atoms with Crippen LogP contribution in [0.2, 0.25) is 0 Å². The molecule has 0 aliphatic heterocycles. The molecule has 0 spiro atoms. The Kier molecular flexibility index (Phi) is 1.03. The van der Waals surface area contributed by atoms with E-state index in [0.29, 0.717) is 0 Å². The minimum atomic E-state index is 0.257. The van der Waals surface area contributed by atoms with Crippen LogP contribution in [0.15, 0.2) is 6.33 Å². The van der Waals surface area contributed by atoms with Crippen molar-refractivity contribution in [2.75, 3.05) is 12.8 Å². The summed E-state index contributed by atoms with van der Waals surface area (Å²) in [6.07, 6.45) is 1.32. The monoisotopic (exact) mass is 114 g/mol. The van der Waals surface area contributed by atoms with E-state index < -0.39 is 0 Å². The Balaban J connectivity index is 2.92. The van der Waals surface area contributed by atoms with E-state index in [4.69, 9.17) is 5.73 Å². The molecule has 0 aliphatic rings. The van der Waals surface area contributed by atoms with Crippen LogP contribution in [0.3, 0.4) is 0 Å². The summed E-state index contributed by atoms with van der Waals surface area (Å²) in [5.41, 5.74) is 5.22. The first-order valence-electron chi connectivity index (χ1n) is 2.04. The number of rotatable bonds is 1. The van der Waals surface area contributed by atoms with Gasteiger partial charge in [-0.25, -0.2) is 0 Å². The molecule has 0 fully saturated rings. The van der Waals surface area contributed by atoms with Crippen LogP contribution in [0.4, 0.5) is 5.95 Å². The predicted octanol–water partition coefficient (Wildman–Crippen LogP) is -1.08. The largest absolute Gasteiger partial charge is 0.397 e. The summed E-state index contributed by atoms with van der Waals surface area (Å²) < 4.78 is 0. The maximum atomic E-state index is 5.22.